The number of aliphatic imine (C=N–C) groups is 1. The highest BCUT2D eigenvalue weighted by molar-refractivity contribution is 6.23. The Balaban J connectivity index is 2.10. The molecule has 2 N–H and O–H groups in total. The summed E-state index contributed by atoms with van der Waals surface area (Å²) >= 11 is 0. The summed E-state index contributed by atoms with van der Waals surface area (Å²) in [6.45, 7) is 5.45. The van der Waals surface area contributed by atoms with Gasteiger partial charge in [0.15, 0.2) is 6.54 Å². The third kappa shape index (κ3) is 3.05. The van der Waals surface area contributed by atoms with Crippen molar-refractivity contribution >= 4 is 35.4 Å². The summed E-state index contributed by atoms with van der Waals surface area (Å²) in [6, 6.07) is 2.54. The van der Waals surface area contributed by atoms with Gasteiger partial charge in [-0.05, 0) is 31.9 Å². The van der Waals surface area contributed by atoms with Gasteiger partial charge in [-0.3, -0.25) is 14.6 Å². The predicted octanol–water partition coefficient (Wildman–Crippen LogP) is 0.781. The van der Waals surface area contributed by atoms with E-state index in [2.05, 4.69) is 10.3 Å². The number of nitrogens with zero attached hydrogens (tertiary/aromatic N) is 4. The smallest absolute Gasteiger partial charge is 0.395 e. The zero-order valence-electron chi connectivity index (χ0n) is 15.9. The lowest BCUT2D eigenvalue weighted by Gasteiger charge is -2.31. The molecule has 9 nitrogen and oxygen atoms in total. The third-order valence-electron chi connectivity index (χ3n) is 4.75. The van der Waals surface area contributed by atoms with Gasteiger partial charge >= 0.3 is 18.0 Å². The number of amidine groups is 1. The summed E-state index contributed by atoms with van der Waals surface area (Å²) in [4.78, 5) is 42.9. The first-order chi connectivity index (χ1) is 12.6. The number of rotatable bonds is 3. The minimum Gasteiger partial charge on any atom is -0.479 e. The molecule has 1 aromatic carbocycles. The molecule has 1 atom stereocenters. The molecule has 0 spiro atoms. The summed E-state index contributed by atoms with van der Waals surface area (Å²) in [5.74, 6) is -1.16. The van der Waals surface area contributed by atoms with Crippen LogP contribution < -0.4 is 5.32 Å². The number of imide groups is 1. The molecule has 0 bridgehead atoms. The first-order valence-corrected chi connectivity index (χ1v) is 8.46. The first-order valence-electron chi connectivity index (χ1n) is 8.46. The Bertz CT molecular complexity index is 911. The number of aliphatic carboxylic acids is 1. The number of fused-ring (bicyclic) bond motifs is 1. The van der Waals surface area contributed by atoms with Crippen LogP contribution in [0.3, 0.4) is 0 Å². The molecular formula is C18H22N5O4+. The topological polar surface area (TPSA) is 105 Å². The second kappa shape index (κ2) is 6.49. The first kappa shape index (κ1) is 18.6. The lowest BCUT2D eigenvalue weighted by Crippen LogP contribution is -2.61. The molecule has 2 heterocycles. The summed E-state index contributed by atoms with van der Waals surface area (Å²) in [7, 11) is 2.89. The maximum Gasteiger partial charge on any atom is 0.395 e. The second-order valence-electron chi connectivity index (χ2n) is 6.86. The summed E-state index contributed by atoms with van der Waals surface area (Å²) in [6.07, 6.45) is 0. The Hall–Kier alpha value is -3.23. The molecule has 1 unspecified atom stereocenters. The van der Waals surface area contributed by atoms with Crippen molar-refractivity contribution in [2.45, 2.75) is 26.8 Å². The Morgan fingerprint density at radius 2 is 1.78 bits per heavy atom. The Morgan fingerprint density at radius 3 is 2.33 bits per heavy atom. The SMILES string of the molecule is Cc1cc(C)c(NC2=[N+](CC(=O)O)C3C(=O)N(C)C(=O)N(C)C3=N2)c(C)c1. The maximum absolute atomic E-state index is 12.7. The van der Waals surface area contributed by atoms with Crippen LogP contribution in [0.4, 0.5) is 10.5 Å². The Morgan fingerprint density at radius 1 is 1.19 bits per heavy atom. The molecule has 1 saturated heterocycles. The van der Waals surface area contributed by atoms with E-state index >= 15 is 0 Å². The van der Waals surface area contributed by atoms with Crippen LogP contribution >= 0.6 is 0 Å². The van der Waals surface area contributed by atoms with E-state index in [1.54, 1.807) is 0 Å². The van der Waals surface area contributed by atoms with Gasteiger partial charge in [0.1, 0.15) is 5.69 Å². The second-order valence-corrected chi connectivity index (χ2v) is 6.86. The minimum atomic E-state index is -1.10. The van der Waals surface area contributed by atoms with Crippen LogP contribution in [0.15, 0.2) is 17.1 Å². The lowest BCUT2D eigenvalue weighted by molar-refractivity contribution is -0.525. The molecule has 2 aliphatic rings. The van der Waals surface area contributed by atoms with Crippen LogP contribution in [-0.2, 0) is 9.59 Å². The van der Waals surface area contributed by atoms with E-state index < -0.39 is 30.5 Å². The van der Waals surface area contributed by atoms with E-state index in [1.807, 2.05) is 32.9 Å². The van der Waals surface area contributed by atoms with E-state index in [0.29, 0.717) is 0 Å². The van der Waals surface area contributed by atoms with Gasteiger partial charge in [-0.15, -0.1) is 0 Å². The highest BCUT2D eigenvalue weighted by Crippen LogP contribution is 2.24. The number of likely N-dealkylation sites (N-methyl/N-ethyl adjacent to an activating group) is 2. The number of aryl methyl sites for hydroxylation is 3. The average molecular weight is 372 g/mol. The summed E-state index contributed by atoms with van der Waals surface area (Å²) in [5.41, 5.74) is 3.84. The van der Waals surface area contributed by atoms with Gasteiger partial charge in [0, 0.05) is 14.1 Å². The number of hydrogen-bond acceptors (Lipinski definition) is 5. The molecule has 27 heavy (non-hydrogen) atoms. The van der Waals surface area contributed by atoms with Crippen LogP contribution in [-0.4, -0.2) is 75.9 Å². The Labute approximate surface area is 156 Å². The van der Waals surface area contributed by atoms with Gasteiger partial charge < -0.3 is 5.11 Å². The molecule has 2 aliphatic heterocycles. The molecule has 1 aromatic rings. The number of carbonyl (C=O) groups excluding carboxylic acids is 2. The van der Waals surface area contributed by atoms with Crippen LogP contribution in [0.25, 0.3) is 0 Å². The highest BCUT2D eigenvalue weighted by atomic mass is 16.4. The fourth-order valence-corrected chi connectivity index (χ4v) is 3.50. The van der Waals surface area contributed by atoms with Crippen molar-refractivity contribution in [3.63, 3.8) is 0 Å². The molecule has 3 amide bonds. The fourth-order valence-electron chi connectivity index (χ4n) is 3.50. The van der Waals surface area contributed by atoms with Gasteiger partial charge in [0.2, 0.25) is 11.9 Å². The fraction of sp³-hybridized carbons (Fsp3) is 0.389. The van der Waals surface area contributed by atoms with Gasteiger partial charge in [-0.25, -0.2) is 19.5 Å². The number of benzene rings is 1. The van der Waals surface area contributed by atoms with E-state index in [9.17, 15) is 19.5 Å². The molecule has 9 heteroatoms. The molecule has 0 saturated carbocycles. The normalized spacial score (nSPS) is 19.4. The number of carbonyl (C=O) groups is 3. The molecule has 0 radical (unpaired) electrons. The van der Waals surface area contributed by atoms with Crippen molar-refractivity contribution in [2.75, 3.05) is 26.0 Å². The third-order valence-corrected chi connectivity index (χ3v) is 4.75. The molecular weight excluding hydrogens is 350 g/mol. The molecule has 0 aromatic heterocycles. The van der Waals surface area contributed by atoms with Crippen molar-refractivity contribution in [3.8, 4) is 0 Å². The van der Waals surface area contributed by atoms with Gasteiger partial charge in [-0.1, -0.05) is 22.7 Å². The van der Waals surface area contributed by atoms with Crippen LogP contribution in [0, 0.1) is 20.8 Å². The number of guanidine groups is 1. The highest BCUT2D eigenvalue weighted by Gasteiger charge is 2.51. The van der Waals surface area contributed by atoms with Gasteiger partial charge in [-0.2, -0.15) is 0 Å². The van der Waals surface area contributed by atoms with E-state index in [-0.39, 0.29) is 11.8 Å². The quantitative estimate of drug-likeness (QED) is 0.763. The number of nitrogens with one attached hydrogen (secondary N) is 1. The summed E-state index contributed by atoms with van der Waals surface area (Å²) in [5, 5.41) is 12.5. The zero-order chi connectivity index (χ0) is 20.0. The number of hydrogen-bond donors (Lipinski definition) is 2. The molecule has 142 valence electrons. The van der Waals surface area contributed by atoms with Crippen molar-refractivity contribution < 1.29 is 24.1 Å². The molecule has 0 aliphatic carbocycles. The van der Waals surface area contributed by atoms with Crippen molar-refractivity contribution in [1.82, 2.24) is 9.80 Å². The number of carboxylic acids is 1. The summed E-state index contributed by atoms with van der Waals surface area (Å²) < 4.78 is 1.37. The van der Waals surface area contributed by atoms with Gasteiger partial charge in [0.25, 0.3) is 5.91 Å². The minimum absolute atomic E-state index is 0.217. The predicted molar refractivity (Wildman–Crippen MR) is 99.2 cm³/mol. The lowest BCUT2D eigenvalue weighted by atomic mass is 10.1. The average Bonchev–Trinajstić information content (AvgIpc) is 2.92. The largest absolute Gasteiger partial charge is 0.479 e. The molecule has 1 fully saturated rings. The van der Waals surface area contributed by atoms with E-state index in [1.165, 1.54) is 23.6 Å². The van der Waals surface area contributed by atoms with Crippen LogP contribution in [0.1, 0.15) is 16.7 Å². The maximum atomic E-state index is 12.7. The van der Waals surface area contributed by atoms with Crippen molar-refractivity contribution in [3.05, 3.63) is 28.8 Å². The van der Waals surface area contributed by atoms with Crippen molar-refractivity contribution in [1.29, 1.82) is 0 Å². The Kier molecular flexibility index (Phi) is 4.46. The van der Waals surface area contributed by atoms with E-state index in [4.69, 9.17) is 0 Å². The number of urea groups is 1. The number of amides is 3. The standard InChI is InChI=1S/C18H21N5O4/c1-9-6-10(2)13(11(3)7-9)19-17-20-15-14(23(17)8-12(24)25)16(26)22(5)18(27)21(15)4/h6-7,14H,8H2,1-5H3,(H,24,25)/p+1. The number of carboxylic acid groups (broad SMARTS) is 1. The number of anilines is 1. The van der Waals surface area contributed by atoms with Crippen LogP contribution in [0.2, 0.25) is 0 Å². The van der Waals surface area contributed by atoms with Crippen LogP contribution in [0.5, 0.6) is 0 Å². The van der Waals surface area contributed by atoms with Gasteiger partial charge in [0.05, 0.1) is 0 Å². The van der Waals surface area contributed by atoms with Crippen molar-refractivity contribution in [2.24, 2.45) is 4.99 Å². The monoisotopic (exact) mass is 372 g/mol. The van der Waals surface area contributed by atoms with E-state index in [0.717, 1.165) is 27.3 Å². The zero-order valence-corrected chi connectivity index (χ0v) is 15.9. The molecule has 3 rings (SSSR count).